The van der Waals surface area contributed by atoms with Gasteiger partial charge in [0.05, 0.1) is 56.4 Å². The number of thioether (sulfide) groups is 1. The number of halogens is 4. The highest BCUT2D eigenvalue weighted by molar-refractivity contribution is 8.14. The summed E-state index contributed by atoms with van der Waals surface area (Å²) in [6.45, 7) is 17.7. The molecular formula is C54H78F4N3O6S3+. The van der Waals surface area contributed by atoms with Crippen LogP contribution < -0.4 is 10.1 Å². The van der Waals surface area contributed by atoms with Crippen LogP contribution in [0.4, 0.5) is 17.6 Å². The molecule has 390 valence electrons. The molecule has 1 amide bonds. The van der Waals surface area contributed by atoms with Gasteiger partial charge in [0.15, 0.2) is 17.4 Å². The lowest BCUT2D eigenvalue weighted by Crippen LogP contribution is -2.50. The van der Waals surface area contributed by atoms with Crippen molar-refractivity contribution in [3.05, 3.63) is 89.0 Å². The van der Waals surface area contributed by atoms with E-state index in [4.69, 9.17) is 17.0 Å². The molecule has 3 rings (SSSR count). The van der Waals surface area contributed by atoms with Crippen LogP contribution in [-0.2, 0) is 14.9 Å². The van der Waals surface area contributed by atoms with Crippen LogP contribution in [0.5, 0.6) is 5.75 Å². The molecule has 0 spiro atoms. The zero-order valence-electron chi connectivity index (χ0n) is 43.2. The Morgan fingerprint density at radius 1 is 0.929 bits per heavy atom. The number of thiocarbonyl (C=S) groups is 1. The monoisotopic (exact) mass is 1040 g/mol. The molecule has 16 heteroatoms. The summed E-state index contributed by atoms with van der Waals surface area (Å²) in [4.78, 5) is 28.0. The van der Waals surface area contributed by atoms with Gasteiger partial charge < -0.3 is 14.5 Å². The number of amides is 1. The molecule has 0 fully saturated rings. The van der Waals surface area contributed by atoms with Gasteiger partial charge in [-0.1, -0.05) is 127 Å². The SMILES string of the molecule is CCC(C)(C(C)CC(C)(C(=O)NCCC[N+](C)(C)CCCS(=O)(=O)O)C(C)C(=S)C1C=CC=CC1)C(CC(C)(CC)C(C)(C)C#N)c1c(F)c(F)c(OCCCCSC(=O)c2ccccc2)c(F)c1F. The van der Waals surface area contributed by atoms with E-state index in [9.17, 15) is 27.8 Å². The van der Waals surface area contributed by atoms with Crippen molar-refractivity contribution in [2.45, 2.75) is 126 Å². The van der Waals surface area contributed by atoms with Crippen molar-refractivity contribution >= 4 is 50.0 Å². The lowest BCUT2D eigenvalue weighted by Gasteiger charge is -2.50. The maximum Gasteiger partial charge on any atom is 0.265 e. The minimum atomic E-state index is -4.09. The number of ether oxygens (including phenoxy) is 1. The number of carbonyl (C=O) groups excluding carboxylic acids is 2. The molecule has 0 heterocycles. The molecule has 0 bridgehead atoms. The molecule has 0 radical (unpaired) electrons. The van der Waals surface area contributed by atoms with Gasteiger partial charge >= 0.3 is 0 Å². The topological polar surface area (TPSA) is 134 Å². The van der Waals surface area contributed by atoms with Crippen LogP contribution in [-0.4, -0.2) is 85.2 Å². The van der Waals surface area contributed by atoms with Crippen molar-refractivity contribution in [2.75, 3.05) is 51.8 Å². The summed E-state index contributed by atoms with van der Waals surface area (Å²) in [6, 6.07) is 11.1. The summed E-state index contributed by atoms with van der Waals surface area (Å²) < 4.78 is 105. The molecule has 2 aromatic carbocycles. The normalized spacial score (nSPS) is 18.1. The number of rotatable bonds is 29. The van der Waals surface area contributed by atoms with Gasteiger partial charge in [0.1, 0.15) is 0 Å². The average molecular weight is 1040 g/mol. The molecule has 2 aromatic rings. The van der Waals surface area contributed by atoms with Crippen LogP contribution in [0.1, 0.15) is 142 Å². The Kier molecular flexibility index (Phi) is 22.4. The molecule has 0 saturated carbocycles. The number of carbonyl (C=O) groups is 2. The summed E-state index contributed by atoms with van der Waals surface area (Å²) in [5.74, 6) is -10.2. The lowest BCUT2D eigenvalue weighted by molar-refractivity contribution is -0.890. The first-order valence-electron chi connectivity index (χ1n) is 24.6. The minimum Gasteiger partial charge on any atom is -0.487 e. The molecule has 70 heavy (non-hydrogen) atoms. The quantitative estimate of drug-likeness (QED) is 0.0204. The van der Waals surface area contributed by atoms with Crippen molar-refractivity contribution in [1.29, 1.82) is 5.26 Å². The second-order valence-electron chi connectivity index (χ2n) is 21.3. The van der Waals surface area contributed by atoms with Gasteiger partial charge in [0.2, 0.25) is 22.7 Å². The van der Waals surface area contributed by atoms with E-state index in [0.29, 0.717) is 59.4 Å². The molecule has 7 atom stereocenters. The molecule has 7 unspecified atom stereocenters. The first-order chi connectivity index (χ1) is 32.6. The van der Waals surface area contributed by atoms with Crippen molar-refractivity contribution in [3.63, 3.8) is 0 Å². The van der Waals surface area contributed by atoms with Crippen LogP contribution in [0.15, 0.2) is 54.6 Å². The van der Waals surface area contributed by atoms with Gasteiger partial charge in [-0.25, -0.2) is 8.78 Å². The highest BCUT2D eigenvalue weighted by Crippen LogP contribution is 2.58. The second-order valence-corrected chi connectivity index (χ2v) is 24.4. The number of hydrogen-bond donors (Lipinski definition) is 2. The lowest BCUT2D eigenvalue weighted by atomic mass is 9.53. The first kappa shape index (κ1) is 60.7. The predicted octanol–water partition coefficient (Wildman–Crippen LogP) is 12.9. The molecule has 1 aliphatic rings. The largest absolute Gasteiger partial charge is 0.487 e. The number of allylic oxidation sites excluding steroid dienone is 4. The van der Waals surface area contributed by atoms with Crippen molar-refractivity contribution in [1.82, 2.24) is 5.32 Å². The van der Waals surface area contributed by atoms with Gasteiger partial charge in [-0.05, 0) is 81.5 Å². The van der Waals surface area contributed by atoms with Gasteiger partial charge in [0.25, 0.3) is 10.1 Å². The minimum absolute atomic E-state index is 0.0284. The number of nitrogens with zero attached hydrogens (tertiary/aromatic N) is 2. The van der Waals surface area contributed by atoms with E-state index in [0.717, 1.165) is 11.8 Å². The zero-order valence-corrected chi connectivity index (χ0v) is 45.7. The Bertz CT molecular complexity index is 2310. The molecule has 1 aliphatic carbocycles. The van der Waals surface area contributed by atoms with Crippen molar-refractivity contribution in [3.8, 4) is 11.8 Å². The average Bonchev–Trinajstić information content (AvgIpc) is 3.32. The van der Waals surface area contributed by atoms with E-state index in [1.165, 1.54) is 0 Å². The van der Waals surface area contributed by atoms with Gasteiger partial charge in [0, 0.05) is 53.0 Å². The molecule has 0 aromatic heterocycles. The van der Waals surface area contributed by atoms with Crippen molar-refractivity contribution in [2.24, 2.45) is 39.4 Å². The van der Waals surface area contributed by atoms with Crippen molar-refractivity contribution < 1.29 is 49.3 Å². The highest BCUT2D eigenvalue weighted by Gasteiger charge is 2.52. The third-order valence-corrected chi connectivity index (χ3v) is 18.4. The number of quaternary nitrogens is 1. The fourth-order valence-corrected chi connectivity index (χ4v) is 11.5. The Hall–Kier alpha value is -3.62. The number of nitriles is 1. The number of unbranched alkanes of at least 4 members (excludes halogenated alkanes) is 1. The van der Waals surface area contributed by atoms with E-state index in [1.807, 2.05) is 86.9 Å². The number of hydrogen-bond acceptors (Lipinski definition) is 8. The zero-order chi connectivity index (χ0) is 52.9. The number of benzene rings is 2. The van der Waals surface area contributed by atoms with E-state index < -0.39 is 84.1 Å². The molecular weight excluding hydrogens is 959 g/mol. The first-order valence-corrected chi connectivity index (χ1v) is 27.6. The van der Waals surface area contributed by atoms with Gasteiger partial charge in [-0.3, -0.25) is 14.1 Å². The van der Waals surface area contributed by atoms with Crippen LogP contribution in [0, 0.1) is 74.0 Å². The molecule has 0 aliphatic heterocycles. The third kappa shape index (κ3) is 15.4. The smallest absolute Gasteiger partial charge is 0.265 e. The van der Waals surface area contributed by atoms with Crippen LogP contribution in [0.3, 0.4) is 0 Å². The Balaban J connectivity index is 2.05. The molecule has 0 saturated heterocycles. The second kappa shape index (κ2) is 25.9. The summed E-state index contributed by atoms with van der Waals surface area (Å²) >= 11 is 7.24. The third-order valence-electron chi connectivity index (χ3n) is 15.9. The van der Waals surface area contributed by atoms with Crippen LogP contribution in [0.2, 0.25) is 0 Å². The van der Waals surface area contributed by atoms with E-state index >= 15 is 17.6 Å². The van der Waals surface area contributed by atoms with Crippen LogP contribution in [0.25, 0.3) is 0 Å². The maximum absolute atomic E-state index is 17.0. The fourth-order valence-electron chi connectivity index (χ4n) is 9.75. The van der Waals surface area contributed by atoms with Gasteiger partial charge in [-0.2, -0.15) is 22.5 Å². The predicted molar refractivity (Wildman–Crippen MR) is 278 cm³/mol. The fraction of sp³-hybridized carbons (Fsp3) is 0.630. The maximum atomic E-state index is 17.0. The van der Waals surface area contributed by atoms with E-state index in [2.05, 4.69) is 11.4 Å². The summed E-state index contributed by atoms with van der Waals surface area (Å²) in [5, 5.41) is 13.5. The summed E-state index contributed by atoms with van der Waals surface area (Å²) in [5.41, 5.74) is -4.52. The standard InChI is InChI=1S/C54H77F4N3O6S3/c1-12-52(7,51(5,6)36-59)35-41(42-43(55)45(57)47(46(58)44(42)56)67-31-20-21-32-69-49(62)40-26-18-15-19-27-40)53(8,13-2)37(3)34-54(9,38(4)48(68)39-24-16-14-17-25-39)50(63)60-28-22-29-61(10,11)30-23-33-70(64,65)66/h14-19,24,26-27,37-39,41H,12-13,20-23,25,28-35H2,1-11H3,(H-,60,63,64,65,66)/p+1. The van der Waals surface area contributed by atoms with E-state index in [-0.39, 0.29) is 67.9 Å². The Morgan fingerprint density at radius 3 is 2.09 bits per heavy atom. The Labute approximate surface area is 426 Å². The highest BCUT2D eigenvalue weighted by atomic mass is 32.2. The van der Waals surface area contributed by atoms with E-state index in [1.54, 1.807) is 44.2 Å². The number of nitrogens with one attached hydrogen (secondary N) is 1. The molecule has 9 nitrogen and oxygen atoms in total. The van der Waals surface area contributed by atoms with Gasteiger partial charge in [-0.15, -0.1) is 0 Å². The molecule has 2 N–H and O–H groups in total. The summed E-state index contributed by atoms with van der Waals surface area (Å²) in [6.07, 6.45) is 10.8. The summed E-state index contributed by atoms with van der Waals surface area (Å²) in [7, 11) is -0.206. The van der Waals surface area contributed by atoms with Crippen LogP contribution >= 0.6 is 24.0 Å². The Morgan fingerprint density at radius 2 is 1.54 bits per heavy atom.